The molecule has 0 saturated carbocycles. The first-order valence-corrected chi connectivity index (χ1v) is 20.9. The summed E-state index contributed by atoms with van der Waals surface area (Å²) in [5, 5.41) is 16.2. The standard InChI is InChI=1S/C42H58FN4O9P/c1-3-4-5-6-7-8-9-10-11-12-13-14-15-16-17-18-19-20-24-27-37(48)44-29-32-53-33-30-45-57(52,56-35-25-22-21-23-26-35)54-34-36-39(50)42(2,43)40(55-36)47-31-28-38(49)46-41(47)51/h4-5,7-8,10-11,13-14,16-17,19-23,25-26,28,31,36,39-40,50H,3,6,9,12,15,18,24,27,29-30,32-34H2,1-2H3,(H,44,48)(H,45,52)(H,46,49,51). The molecule has 0 aliphatic carbocycles. The van der Waals surface area contributed by atoms with Crippen LogP contribution in [0.3, 0.4) is 0 Å². The minimum absolute atomic E-state index is 0.0189. The monoisotopic (exact) mass is 812 g/mol. The summed E-state index contributed by atoms with van der Waals surface area (Å²) in [6, 6.07) is 9.24. The molecule has 5 unspecified atom stereocenters. The number of benzene rings is 1. The van der Waals surface area contributed by atoms with Gasteiger partial charge < -0.3 is 24.4 Å². The Morgan fingerprint density at radius 1 is 0.912 bits per heavy atom. The first-order valence-electron chi connectivity index (χ1n) is 19.4. The highest BCUT2D eigenvalue weighted by Gasteiger charge is 2.55. The number of aliphatic hydroxyl groups excluding tert-OH is 1. The summed E-state index contributed by atoms with van der Waals surface area (Å²) in [7, 11) is -4.13. The van der Waals surface area contributed by atoms with Gasteiger partial charge in [0.25, 0.3) is 5.56 Å². The summed E-state index contributed by atoms with van der Waals surface area (Å²) >= 11 is 0. The molecule has 0 spiro atoms. The quantitative estimate of drug-likeness (QED) is 0.0422. The molecular weight excluding hydrogens is 754 g/mol. The average molecular weight is 813 g/mol. The van der Waals surface area contributed by atoms with E-state index in [1.807, 2.05) is 17.1 Å². The molecule has 1 fully saturated rings. The number of halogens is 1. The molecule has 4 N–H and O–H groups in total. The van der Waals surface area contributed by atoms with Crippen molar-refractivity contribution in [1.29, 1.82) is 0 Å². The van der Waals surface area contributed by atoms with E-state index < -0.39 is 49.7 Å². The Labute approximate surface area is 334 Å². The molecule has 0 radical (unpaired) electrons. The van der Waals surface area contributed by atoms with Crippen LogP contribution >= 0.6 is 7.75 Å². The van der Waals surface area contributed by atoms with Crippen molar-refractivity contribution in [2.24, 2.45) is 0 Å². The molecule has 1 aromatic heterocycles. The minimum Gasteiger partial charge on any atom is -0.413 e. The Kier molecular flexibility index (Phi) is 21.8. The fraction of sp³-hybridized carbons (Fsp3) is 0.452. The van der Waals surface area contributed by atoms with Crippen molar-refractivity contribution >= 4 is 13.7 Å². The van der Waals surface area contributed by atoms with Gasteiger partial charge in [0.15, 0.2) is 11.9 Å². The first kappa shape index (κ1) is 46.9. The number of H-pyrrole nitrogens is 1. The molecule has 1 amide bonds. The Balaban J connectivity index is 1.29. The number of nitrogens with zero attached hydrogens (tertiary/aromatic N) is 1. The van der Waals surface area contributed by atoms with Gasteiger partial charge in [-0.1, -0.05) is 98.0 Å². The van der Waals surface area contributed by atoms with Gasteiger partial charge in [0.2, 0.25) is 5.91 Å². The van der Waals surface area contributed by atoms with Crippen LogP contribution in [0, 0.1) is 0 Å². The van der Waals surface area contributed by atoms with Gasteiger partial charge in [-0.3, -0.25) is 23.7 Å². The minimum atomic E-state index is -4.13. The number of alkyl halides is 1. The number of carbonyl (C=O) groups is 1. The molecule has 2 aromatic rings. The lowest BCUT2D eigenvalue weighted by atomic mass is 9.98. The number of hydrogen-bond donors (Lipinski definition) is 4. The van der Waals surface area contributed by atoms with Crippen molar-refractivity contribution in [2.75, 3.05) is 32.9 Å². The molecule has 1 aliphatic rings. The second-order valence-corrected chi connectivity index (χ2v) is 14.9. The second kappa shape index (κ2) is 26.5. The van der Waals surface area contributed by atoms with Crippen LogP contribution in [0.5, 0.6) is 5.75 Å². The smallest absolute Gasteiger partial charge is 0.413 e. The van der Waals surface area contributed by atoms with Gasteiger partial charge in [0.1, 0.15) is 18.0 Å². The fourth-order valence-electron chi connectivity index (χ4n) is 5.42. The van der Waals surface area contributed by atoms with Crippen molar-refractivity contribution in [3.63, 3.8) is 0 Å². The predicted octanol–water partition coefficient (Wildman–Crippen LogP) is 6.93. The average Bonchev–Trinajstić information content (AvgIpc) is 3.41. The summed E-state index contributed by atoms with van der Waals surface area (Å²) in [5.74, 6) is 0.126. The number of ether oxygens (including phenoxy) is 2. The Morgan fingerprint density at radius 2 is 1.49 bits per heavy atom. The third-order valence-electron chi connectivity index (χ3n) is 8.45. The van der Waals surface area contributed by atoms with Gasteiger partial charge in [0, 0.05) is 31.8 Å². The summed E-state index contributed by atoms with van der Waals surface area (Å²) < 4.78 is 52.6. The number of carbonyl (C=O) groups excluding carboxylic acids is 1. The molecule has 2 heterocycles. The van der Waals surface area contributed by atoms with Crippen LogP contribution in [0.2, 0.25) is 0 Å². The molecular formula is C42H58FN4O9P. The van der Waals surface area contributed by atoms with Gasteiger partial charge in [-0.15, -0.1) is 0 Å². The molecule has 1 aromatic carbocycles. The van der Waals surface area contributed by atoms with Gasteiger partial charge in [-0.25, -0.2) is 18.8 Å². The van der Waals surface area contributed by atoms with Crippen molar-refractivity contribution in [3.05, 3.63) is 136 Å². The Morgan fingerprint density at radius 3 is 2.09 bits per heavy atom. The fourth-order valence-corrected chi connectivity index (χ4v) is 6.74. The normalized spacial score (nSPS) is 21.2. The molecule has 57 heavy (non-hydrogen) atoms. The molecule has 13 nitrogen and oxygen atoms in total. The highest BCUT2D eigenvalue weighted by molar-refractivity contribution is 7.52. The van der Waals surface area contributed by atoms with Crippen molar-refractivity contribution in [1.82, 2.24) is 20.0 Å². The SMILES string of the molecule is CCC=CCC=CCC=CCC=CCC=CCC=CCCC(=O)NCCOCCNP(=O)(OCC1OC(n2ccc(=O)[nH]c2=O)C(C)(F)C1O)Oc1ccccc1. The third-order valence-corrected chi connectivity index (χ3v) is 10.0. The summed E-state index contributed by atoms with van der Waals surface area (Å²) in [5.41, 5.74) is -4.07. The number of aromatic amines is 1. The van der Waals surface area contributed by atoms with Crippen molar-refractivity contribution < 1.29 is 37.4 Å². The number of aromatic nitrogens is 2. The van der Waals surface area contributed by atoms with Crippen LogP contribution in [0.15, 0.2) is 125 Å². The first-order chi connectivity index (χ1) is 27.6. The topological polar surface area (TPSA) is 170 Å². The summed E-state index contributed by atoms with van der Waals surface area (Å²) in [6.45, 7) is 3.21. The lowest BCUT2D eigenvalue weighted by Gasteiger charge is -2.24. The van der Waals surface area contributed by atoms with Gasteiger partial charge >= 0.3 is 13.4 Å². The summed E-state index contributed by atoms with van der Waals surface area (Å²) in [6.07, 6.45) is 28.6. The Hall–Kier alpha value is -4.43. The van der Waals surface area contributed by atoms with Crippen molar-refractivity contribution in [2.45, 2.75) is 89.3 Å². The molecule has 1 saturated heterocycles. The molecule has 5 atom stereocenters. The number of allylic oxidation sites excluding steroid dienone is 12. The van der Waals surface area contributed by atoms with Gasteiger partial charge in [-0.2, -0.15) is 0 Å². The van der Waals surface area contributed by atoms with Gasteiger partial charge in [-0.05, 0) is 64.0 Å². The molecule has 15 heteroatoms. The van der Waals surface area contributed by atoms with E-state index in [9.17, 15) is 24.1 Å². The number of amides is 1. The zero-order chi connectivity index (χ0) is 41.2. The summed E-state index contributed by atoms with van der Waals surface area (Å²) in [4.78, 5) is 38.0. The van der Waals surface area contributed by atoms with Crippen LogP contribution in [-0.4, -0.2) is 71.4 Å². The largest absolute Gasteiger partial charge is 0.458 e. The van der Waals surface area contributed by atoms with Crippen LogP contribution in [0.1, 0.15) is 71.4 Å². The number of hydrogen-bond acceptors (Lipinski definition) is 9. The maximum absolute atomic E-state index is 15.6. The van der Waals surface area contributed by atoms with Gasteiger partial charge in [0.05, 0.1) is 19.8 Å². The predicted molar refractivity (Wildman–Crippen MR) is 221 cm³/mol. The van der Waals surface area contributed by atoms with Crippen LogP contribution in [0.25, 0.3) is 0 Å². The molecule has 1 aliphatic heterocycles. The van der Waals surface area contributed by atoms with Crippen LogP contribution in [0.4, 0.5) is 4.39 Å². The van der Waals surface area contributed by atoms with E-state index in [-0.39, 0.29) is 38.0 Å². The van der Waals surface area contributed by atoms with E-state index in [2.05, 4.69) is 78.1 Å². The van der Waals surface area contributed by atoms with E-state index in [4.69, 9.17) is 18.5 Å². The molecule has 0 bridgehead atoms. The van der Waals surface area contributed by atoms with E-state index in [0.717, 1.165) is 62.3 Å². The lowest BCUT2D eigenvalue weighted by Crippen LogP contribution is -2.43. The van der Waals surface area contributed by atoms with Crippen LogP contribution in [-0.2, 0) is 23.4 Å². The maximum Gasteiger partial charge on any atom is 0.458 e. The van der Waals surface area contributed by atoms with E-state index in [0.29, 0.717) is 12.8 Å². The third kappa shape index (κ3) is 18.1. The number of rotatable bonds is 27. The molecule has 312 valence electrons. The highest BCUT2D eigenvalue weighted by Crippen LogP contribution is 2.46. The molecule has 3 rings (SSSR count). The number of aliphatic hydroxyl groups is 1. The second-order valence-electron chi connectivity index (χ2n) is 13.2. The highest BCUT2D eigenvalue weighted by atomic mass is 31.2. The Bertz CT molecular complexity index is 1820. The van der Waals surface area contributed by atoms with E-state index in [1.54, 1.807) is 30.3 Å². The number of nitrogens with one attached hydrogen (secondary N) is 3. The number of para-hydroxylation sites is 1. The van der Waals surface area contributed by atoms with Crippen LogP contribution < -0.4 is 26.2 Å². The zero-order valence-electron chi connectivity index (χ0n) is 32.9. The zero-order valence-corrected chi connectivity index (χ0v) is 33.8. The lowest BCUT2D eigenvalue weighted by molar-refractivity contribution is -0.121. The van der Waals surface area contributed by atoms with Crippen molar-refractivity contribution in [3.8, 4) is 5.75 Å². The van der Waals surface area contributed by atoms with E-state index in [1.165, 1.54) is 0 Å². The van der Waals surface area contributed by atoms with E-state index >= 15 is 4.39 Å². The maximum atomic E-state index is 15.6.